The molecular weight excluding hydrogens is 714 g/mol. The van der Waals surface area contributed by atoms with Crippen LogP contribution in [0.3, 0.4) is 0 Å². The lowest BCUT2D eigenvalue weighted by molar-refractivity contribution is -0.571. The van der Waals surface area contributed by atoms with Crippen LogP contribution in [0.5, 0.6) is 11.8 Å². The Balaban J connectivity index is -0.000000225. The number of aromatic nitrogens is 2. The molecule has 0 bridgehead atoms. The number of carbonyl (C=O) groups is 2. The van der Waals surface area contributed by atoms with E-state index in [1.54, 1.807) is 0 Å². The number of carboxylic acids is 1. The zero-order valence-corrected chi connectivity index (χ0v) is 27.0. The second kappa shape index (κ2) is 28.5. The fourth-order valence-electron chi connectivity index (χ4n) is 2.68. The van der Waals surface area contributed by atoms with Crippen LogP contribution < -0.4 is 15.1 Å². The van der Waals surface area contributed by atoms with E-state index in [0.717, 1.165) is 5.56 Å². The third-order valence-electron chi connectivity index (χ3n) is 5.06. The fourth-order valence-corrected chi connectivity index (χ4v) is 2.68. The van der Waals surface area contributed by atoms with E-state index < -0.39 is 11.9 Å². The van der Waals surface area contributed by atoms with Crippen LogP contribution in [-0.2, 0) is 35.8 Å². The van der Waals surface area contributed by atoms with E-state index in [1.807, 2.05) is 30.3 Å². The molecule has 2 fully saturated rings. The van der Waals surface area contributed by atoms with Gasteiger partial charge < -0.3 is 37.8 Å². The van der Waals surface area contributed by atoms with Crippen molar-refractivity contribution in [3.8, 4) is 95.7 Å². The van der Waals surface area contributed by atoms with Gasteiger partial charge in [-0.2, -0.15) is 0 Å². The lowest BCUT2D eigenvalue weighted by Crippen LogP contribution is -2.11. The normalized spacial score (nSPS) is 12.9. The number of ether oxygens (including phenoxy) is 5. The van der Waals surface area contributed by atoms with Gasteiger partial charge >= 0.3 is 11.9 Å². The highest BCUT2D eigenvalue weighted by atomic mass is 17.5. The van der Waals surface area contributed by atoms with Gasteiger partial charge in [0.25, 0.3) is 11.8 Å². The maximum Gasteiger partial charge on any atom is 0.377 e. The standard InChI is InChI=1S/C14H13NO5.C14H2.C7H7NO5.CH4.H3NO5.5H2/c16-14(19-7-10-4-2-1-3-5-10)12-6-13(15-20-12)18-9-11-8-17-11;1-3-5-7-9-11-13-14-12-10-8-6-4-2;9-7(10)5-1-6(8-13-5)12-3-4-2-11-4;;2-4-1-5-6-3;;;;;/h1-6,11H,7-9H2;1-2H;1,4H,2-3H2,(H,9,10);1H4;1-3H;5*1H. The van der Waals surface area contributed by atoms with Crippen molar-refractivity contribution in [2.75, 3.05) is 26.4 Å². The van der Waals surface area contributed by atoms with Gasteiger partial charge in [-0.3, -0.25) is 0 Å². The number of carbonyl (C=O) groups excluding carboxylic acids is 1. The maximum atomic E-state index is 11.7. The van der Waals surface area contributed by atoms with Crippen LogP contribution in [0.25, 0.3) is 0 Å². The maximum absolute atomic E-state index is 11.7. The highest BCUT2D eigenvalue weighted by Gasteiger charge is 2.25. The predicted octanol–water partition coefficient (Wildman–Crippen LogP) is 3.41. The number of esters is 1. The van der Waals surface area contributed by atoms with Crippen LogP contribution >= 0.6 is 0 Å². The Kier molecular flexibility index (Phi) is 23.6. The predicted molar refractivity (Wildman–Crippen MR) is 191 cm³/mol. The smallest absolute Gasteiger partial charge is 0.377 e. The summed E-state index contributed by atoms with van der Waals surface area (Å²) in [5, 5.41) is 32.9. The van der Waals surface area contributed by atoms with Crippen molar-refractivity contribution in [2.24, 2.45) is 0 Å². The summed E-state index contributed by atoms with van der Waals surface area (Å²) in [4.78, 5) is 28.4. The molecule has 2 unspecified atom stereocenters. The number of epoxide rings is 2. The van der Waals surface area contributed by atoms with Crippen molar-refractivity contribution < 1.29 is 80.1 Å². The van der Waals surface area contributed by atoms with Crippen molar-refractivity contribution in [1.82, 2.24) is 16.0 Å². The topological polar surface area (TPSA) is 239 Å². The first kappa shape index (κ1) is 44.8. The first-order valence-corrected chi connectivity index (χ1v) is 14.2. The molecule has 0 radical (unpaired) electrons. The van der Waals surface area contributed by atoms with Crippen LogP contribution in [0.1, 0.15) is 41.2 Å². The zero-order valence-electron chi connectivity index (χ0n) is 27.0. The van der Waals surface area contributed by atoms with E-state index >= 15 is 0 Å². The van der Waals surface area contributed by atoms with Crippen LogP contribution in [-0.4, -0.2) is 76.5 Å². The lowest BCUT2D eigenvalue weighted by Gasteiger charge is -2.01. The number of hydrogen-bond donors (Lipinski definition) is 4. The van der Waals surface area contributed by atoms with Crippen LogP contribution in [0, 0.1) is 83.9 Å². The Morgan fingerprint density at radius 3 is 1.65 bits per heavy atom. The molecule has 3 aromatic rings. The SMILES string of the molecule is C.C#CC#CC#CC#CC#CC#CC#C.O=C(O)c1cc(OCC2CO2)no1.O=C(OCc1ccccc1)c1cc(OCC2CO2)no1.OONOOO.[HH].[HH].[HH].[HH].[HH]. The zero-order chi connectivity index (χ0) is 38.4. The molecule has 18 heteroatoms. The van der Waals surface area contributed by atoms with Crippen molar-refractivity contribution in [2.45, 2.75) is 26.2 Å². The Labute approximate surface area is 316 Å². The lowest BCUT2D eigenvalue weighted by atomic mass is 10.2. The largest absolute Gasteiger partial charge is 0.475 e. The highest BCUT2D eigenvalue weighted by Crippen LogP contribution is 2.17. The summed E-state index contributed by atoms with van der Waals surface area (Å²) < 4.78 is 34.7. The second-order valence-electron chi connectivity index (χ2n) is 8.83. The van der Waals surface area contributed by atoms with Gasteiger partial charge in [0.1, 0.15) is 32.0 Å². The summed E-state index contributed by atoms with van der Waals surface area (Å²) in [7, 11) is 0. The molecular formula is C36H39N3O15. The molecule has 0 aliphatic carbocycles. The third kappa shape index (κ3) is 22.5. The molecule has 2 aromatic heterocycles. The van der Waals surface area contributed by atoms with Gasteiger partial charge in [0.2, 0.25) is 11.5 Å². The van der Waals surface area contributed by atoms with Gasteiger partial charge in [0.05, 0.1) is 25.3 Å². The monoisotopic (exact) mass is 753 g/mol. The van der Waals surface area contributed by atoms with Gasteiger partial charge in [-0.25, -0.2) is 20.1 Å². The van der Waals surface area contributed by atoms with Crippen molar-refractivity contribution >= 4 is 11.9 Å². The van der Waals surface area contributed by atoms with Crippen molar-refractivity contribution in [1.29, 1.82) is 0 Å². The van der Waals surface area contributed by atoms with E-state index in [0.29, 0.717) is 26.4 Å². The van der Waals surface area contributed by atoms with E-state index in [9.17, 15) is 9.59 Å². The Morgan fingerprint density at radius 1 is 0.796 bits per heavy atom. The summed E-state index contributed by atoms with van der Waals surface area (Å²) in [5.41, 5.74) is 2.19. The molecule has 54 heavy (non-hydrogen) atoms. The van der Waals surface area contributed by atoms with Crippen molar-refractivity contribution in [3.63, 3.8) is 0 Å². The van der Waals surface area contributed by atoms with E-state index in [-0.39, 0.29) is 56.7 Å². The molecule has 288 valence electrons. The first-order chi connectivity index (χ1) is 25.9. The molecule has 4 heterocycles. The van der Waals surface area contributed by atoms with Gasteiger partial charge in [0.15, 0.2) is 0 Å². The molecule has 0 saturated carbocycles. The second-order valence-corrected chi connectivity index (χ2v) is 8.83. The number of carboxylic acid groups (broad SMARTS) is 1. The molecule has 2 aliphatic rings. The molecule has 5 rings (SSSR count). The number of nitrogens with one attached hydrogen (secondary N) is 1. The Hall–Kier alpha value is -7.22. The highest BCUT2D eigenvalue weighted by molar-refractivity contribution is 5.86. The number of hydrogen-bond acceptors (Lipinski definition) is 17. The molecule has 2 saturated heterocycles. The molecule has 1 aromatic carbocycles. The van der Waals surface area contributed by atoms with Crippen molar-refractivity contribution in [3.05, 3.63) is 59.5 Å². The number of rotatable bonds is 13. The third-order valence-corrected chi connectivity index (χ3v) is 5.06. The van der Waals surface area contributed by atoms with Crippen LogP contribution in [0.2, 0.25) is 0 Å². The summed E-state index contributed by atoms with van der Waals surface area (Å²) in [6.07, 6.45) is 9.95. The Morgan fingerprint density at radius 2 is 1.26 bits per heavy atom. The van der Waals surface area contributed by atoms with Gasteiger partial charge in [0, 0.05) is 7.13 Å². The molecule has 0 spiro atoms. The van der Waals surface area contributed by atoms with Gasteiger partial charge in [-0.1, -0.05) is 42.7 Å². The van der Waals surface area contributed by atoms with E-state index in [1.165, 1.54) is 17.8 Å². The quantitative estimate of drug-likeness (QED) is 0.0488. The molecule has 0 amide bonds. The molecule has 2 aliphatic heterocycles. The minimum atomic E-state index is -1.16. The first-order valence-electron chi connectivity index (χ1n) is 14.2. The van der Waals surface area contributed by atoms with Gasteiger partial charge in [-0.15, -0.1) is 17.8 Å². The summed E-state index contributed by atoms with van der Waals surface area (Å²) >= 11 is 0. The van der Waals surface area contributed by atoms with E-state index in [4.69, 9.17) is 56.7 Å². The average molecular weight is 754 g/mol. The number of benzene rings is 1. The minimum absolute atomic E-state index is 0. The van der Waals surface area contributed by atoms with E-state index in [2.05, 4.69) is 101 Å². The summed E-state index contributed by atoms with van der Waals surface area (Å²) in [6.45, 7) is 2.36. The summed E-state index contributed by atoms with van der Waals surface area (Å²) in [6, 6.07) is 12.0. The molecule has 2 atom stereocenters. The molecule has 4 N–H and O–H groups in total. The number of nitrogens with zero attached hydrogens (tertiary/aromatic N) is 2. The van der Waals surface area contributed by atoms with Crippen LogP contribution in [0.15, 0.2) is 51.5 Å². The van der Waals surface area contributed by atoms with Crippen LogP contribution in [0.4, 0.5) is 0 Å². The molecule has 18 nitrogen and oxygen atoms in total. The number of aromatic carboxylic acids is 1. The Bertz CT molecular complexity index is 1960. The summed E-state index contributed by atoms with van der Waals surface area (Å²) in [5.74, 6) is 26.8. The number of terminal acetylenes is 2. The van der Waals surface area contributed by atoms with Gasteiger partial charge in [-0.05, 0) is 97.6 Å². The average Bonchev–Trinajstić information content (AvgIpc) is 4.10. The fraction of sp³-hybridized carbons (Fsp3) is 0.222. The minimum Gasteiger partial charge on any atom is -0.475 e.